The smallest absolute Gasteiger partial charge is 0.107 e. The van der Waals surface area contributed by atoms with Crippen molar-refractivity contribution >= 4 is 45.8 Å². The molecule has 4 heteroatoms. The van der Waals surface area contributed by atoms with Crippen molar-refractivity contribution in [1.82, 2.24) is 0 Å². The Balaban J connectivity index is 2.48. The molecule has 2 aromatic rings. The number of rotatable bonds is 2. The van der Waals surface area contributed by atoms with Crippen molar-refractivity contribution in [3.8, 4) is 0 Å². The maximum Gasteiger partial charge on any atom is 0.107 e. The van der Waals surface area contributed by atoms with Crippen LogP contribution >= 0.6 is 45.8 Å². The number of aliphatic hydroxyl groups is 1. The SMILES string of the molecule is Cc1cccc(C(O)c2ccc(Cl)cc2Cl)c1I. The van der Waals surface area contributed by atoms with Crippen LogP contribution in [0.5, 0.6) is 0 Å². The van der Waals surface area contributed by atoms with Crippen molar-refractivity contribution in [2.75, 3.05) is 0 Å². The first-order valence-corrected chi connectivity index (χ1v) is 7.22. The molecule has 94 valence electrons. The van der Waals surface area contributed by atoms with Gasteiger partial charge in [0.05, 0.1) is 0 Å². The van der Waals surface area contributed by atoms with Crippen molar-refractivity contribution in [3.63, 3.8) is 0 Å². The maximum absolute atomic E-state index is 10.4. The van der Waals surface area contributed by atoms with Gasteiger partial charge in [-0.05, 0) is 52.8 Å². The van der Waals surface area contributed by atoms with Crippen LogP contribution in [-0.2, 0) is 0 Å². The molecule has 0 radical (unpaired) electrons. The number of aliphatic hydroxyl groups excluding tert-OH is 1. The number of hydrogen-bond acceptors (Lipinski definition) is 1. The average molecular weight is 393 g/mol. The summed E-state index contributed by atoms with van der Waals surface area (Å²) in [5, 5.41) is 11.5. The van der Waals surface area contributed by atoms with E-state index in [1.165, 1.54) is 0 Å². The Morgan fingerprint density at radius 1 is 1.11 bits per heavy atom. The second kappa shape index (κ2) is 5.78. The number of aryl methyl sites for hydroxylation is 1. The molecule has 0 saturated heterocycles. The van der Waals surface area contributed by atoms with Gasteiger partial charge in [-0.25, -0.2) is 0 Å². The minimum Gasteiger partial charge on any atom is -0.384 e. The van der Waals surface area contributed by atoms with Crippen LogP contribution in [0, 0.1) is 10.5 Å². The van der Waals surface area contributed by atoms with Crippen molar-refractivity contribution in [2.45, 2.75) is 13.0 Å². The van der Waals surface area contributed by atoms with Gasteiger partial charge in [0.1, 0.15) is 6.10 Å². The van der Waals surface area contributed by atoms with Gasteiger partial charge < -0.3 is 5.11 Å². The molecule has 0 bridgehead atoms. The molecular formula is C14H11Cl2IO. The standard InChI is InChI=1S/C14H11Cl2IO/c1-8-3-2-4-11(13(8)17)14(18)10-6-5-9(15)7-12(10)16/h2-7,14,18H,1H3. The van der Waals surface area contributed by atoms with Crippen molar-refractivity contribution in [3.05, 3.63) is 66.7 Å². The number of halogens is 3. The maximum atomic E-state index is 10.4. The van der Waals surface area contributed by atoms with E-state index >= 15 is 0 Å². The second-order valence-corrected chi connectivity index (χ2v) is 5.97. The molecule has 0 aliphatic rings. The minimum absolute atomic E-state index is 0.479. The summed E-state index contributed by atoms with van der Waals surface area (Å²) in [5.74, 6) is 0. The normalized spacial score (nSPS) is 12.5. The Hall–Kier alpha value is -0.290. The molecule has 0 amide bonds. The van der Waals surface area contributed by atoms with E-state index < -0.39 is 6.10 Å². The van der Waals surface area contributed by atoms with Gasteiger partial charge in [0.2, 0.25) is 0 Å². The molecule has 0 aliphatic heterocycles. The first-order valence-electron chi connectivity index (χ1n) is 5.38. The lowest BCUT2D eigenvalue weighted by molar-refractivity contribution is 0.219. The van der Waals surface area contributed by atoms with Gasteiger partial charge in [-0.3, -0.25) is 0 Å². The molecule has 1 nitrogen and oxygen atoms in total. The highest BCUT2D eigenvalue weighted by Gasteiger charge is 2.17. The summed E-state index contributed by atoms with van der Waals surface area (Å²) in [6.07, 6.45) is -0.735. The number of benzene rings is 2. The van der Waals surface area contributed by atoms with Gasteiger partial charge in [-0.2, -0.15) is 0 Å². The Morgan fingerprint density at radius 3 is 2.50 bits per heavy atom. The summed E-state index contributed by atoms with van der Waals surface area (Å²) < 4.78 is 1.05. The lowest BCUT2D eigenvalue weighted by Crippen LogP contribution is -2.03. The zero-order valence-electron chi connectivity index (χ0n) is 9.62. The van der Waals surface area contributed by atoms with Gasteiger partial charge in [0.25, 0.3) is 0 Å². The van der Waals surface area contributed by atoms with E-state index in [0.29, 0.717) is 15.6 Å². The third kappa shape index (κ3) is 2.82. The van der Waals surface area contributed by atoms with E-state index in [4.69, 9.17) is 23.2 Å². The molecule has 0 fully saturated rings. The summed E-state index contributed by atoms with van der Waals surface area (Å²) >= 11 is 14.2. The minimum atomic E-state index is -0.735. The molecule has 0 heterocycles. The van der Waals surface area contributed by atoms with Crippen LogP contribution < -0.4 is 0 Å². The lowest BCUT2D eigenvalue weighted by Gasteiger charge is -2.16. The summed E-state index contributed by atoms with van der Waals surface area (Å²) in [7, 11) is 0. The number of hydrogen-bond donors (Lipinski definition) is 1. The lowest BCUT2D eigenvalue weighted by atomic mass is 10.00. The first-order chi connectivity index (χ1) is 8.50. The highest BCUT2D eigenvalue weighted by molar-refractivity contribution is 14.1. The molecule has 1 N–H and O–H groups in total. The molecule has 18 heavy (non-hydrogen) atoms. The molecule has 2 rings (SSSR count). The van der Waals surface area contributed by atoms with Gasteiger partial charge in [0.15, 0.2) is 0 Å². The van der Waals surface area contributed by atoms with Crippen LogP contribution in [0.1, 0.15) is 22.8 Å². The van der Waals surface area contributed by atoms with Crippen LogP contribution in [0.15, 0.2) is 36.4 Å². The van der Waals surface area contributed by atoms with Crippen molar-refractivity contribution in [2.24, 2.45) is 0 Å². The molecule has 1 atom stereocenters. The van der Waals surface area contributed by atoms with E-state index in [2.05, 4.69) is 22.6 Å². The Labute approximate surface area is 130 Å². The van der Waals surface area contributed by atoms with Crippen LogP contribution in [0.2, 0.25) is 10.0 Å². The molecule has 0 spiro atoms. The molecular weight excluding hydrogens is 382 g/mol. The van der Waals surface area contributed by atoms with E-state index in [-0.39, 0.29) is 0 Å². The zero-order chi connectivity index (χ0) is 13.3. The van der Waals surface area contributed by atoms with Gasteiger partial charge in [-0.1, -0.05) is 47.5 Å². The molecule has 2 aromatic carbocycles. The van der Waals surface area contributed by atoms with Crippen LogP contribution in [0.3, 0.4) is 0 Å². The average Bonchev–Trinajstić information content (AvgIpc) is 2.32. The van der Waals surface area contributed by atoms with E-state index in [0.717, 1.165) is 14.7 Å². The first kappa shape index (κ1) is 14.1. The van der Waals surface area contributed by atoms with Crippen LogP contribution in [0.25, 0.3) is 0 Å². The Morgan fingerprint density at radius 2 is 1.83 bits per heavy atom. The Kier molecular flexibility index (Phi) is 4.54. The third-order valence-corrected chi connectivity index (χ3v) is 4.81. The third-order valence-electron chi connectivity index (χ3n) is 2.77. The monoisotopic (exact) mass is 392 g/mol. The summed E-state index contributed by atoms with van der Waals surface area (Å²) in [6.45, 7) is 2.02. The highest BCUT2D eigenvalue weighted by atomic mass is 127. The molecule has 0 saturated carbocycles. The molecule has 0 aromatic heterocycles. The van der Waals surface area contributed by atoms with Gasteiger partial charge in [0, 0.05) is 19.2 Å². The second-order valence-electron chi connectivity index (χ2n) is 4.05. The van der Waals surface area contributed by atoms with Crippen molar-refractivity contribution < 1.29 is 5.11 Å². The zero-order valence-corrected chi connectivity index (χ0v) is 13.3. The summed E-state index contributed by atoms with van der Waals surface area (Å²) in [6, 6.07) is 11.0. The fourth-order valence-electron chi connectivity index (χ4n) is 1.77. The van der Waals surface area contributed by atoms with E-state index in [9.17, 15) is 5.11 Å². The van der Waals surface area contributed by atoms with Gasteiger partial charge in [-0.15, -0.1) is 0 Å². The van der Waals surface area contributed by atoms with E-state index in [1.54, 1.807) is 18.2 Å². The fourth-order valence-corrected chi connectivity index (χ4v) is 2.94. The largest absolute Gasteiger partial charge is 0.384 e. The van der Waals surface area contributed by atoms with Gasteiger partial charge >= 0.3 is 0 Å². The molecule has 0 aliphatic carbocycles. The topological polar surface area (TPSA) is 20.2 Å². The predicted octanol–water partition coefficient (Wildman–Crippen LogP) is 4.99. The predicted molar refractivity (Wildman–Crippen MR) is 84.4 cm³/mol. The summed E-state index contributed by atoms with van der Waals surface area (Å²) in [5.41, 5.74) is 2.67. The quantitative estimate of drug-likeness (QED) is 0.714. The van der Waals surface area contributed by atoms with Crippen LogP contribution in [-0.4, -0.2) is 5.11 Å². The Bertz CT molecular complexity index is 584. The molecule has 1 unspecified atom stereocenters. The van der Waals surface area contributed by atoms with Crippen molar-refractivity contribution in [1.29, 1.82) is 0 Å². The summed E-state index contributed by atoms with van der Waals surface area (Å²) in [4.78, 5) is 0. The highest BCUT2D eigenvalue weighted by Crippen LogP contribution is 2.33. The van der Waals surface area contributed by atoms with E-state index in [1.807, 2.05) is 25.1 Å². The fraction of sp³-hybridized carbons (Fsp3) is 0.143. The van der Waals surface area contributed by atoms with Crippen LogP contribution in [0.4, 0.5) is 0 Å².